The first-order valence-electron chi connectivity index (χ1n) is 6.01. The molecule has 0 aromatic heterocycles. The van der Waals surface area contributed by atoms with Crippen molar-refractivity contribution in [1.82, 2.24) is 0 Å². The summed E-state index contributed by atoms with van der Waals surface area (Å²) in [5.74, 6) is -2.29. The van der Waals surface area contributed by atoms with E-state index >= 15 is 0 Å². The van der Waals surface area contributed by atoms with E-state index in [2.05, 4.69) is 4.74 Å². The van der Waals surface area contributed by atoms with Gasteiger partial charge in [-0.1, -0.05) is 13.8 Å². The average Bonchev–Trinajstić information content (AvgIpc) is 2.36. The molecule has 0 amide bonds. The van der Waals surface area contributed by atoms with Gasteiger partial charge in [-0.3, -0.25) is 4.79 Å². The van der Waals surface area contributed by atoms with E-state index in [1.807, 2.05) is 13.8 Å². The van der Waals surface area contributed by atoms with E-state index in [1.54, 1.807) is 6.92 Å². The lowest BCUT2D eigenvalue weighted by molar-refractivity contribution is -0.137. The standard InChI is InChI=1S/C14H17FO4/c1-5-19-14(17)13(16)9-6-10(15)12(8(2)3)11(7-9)18-4/h6-8H,5H2,1-4H3. The molecule has 0 N–H and O–H groups in total. The van der Waals surface area contributed by atoms with Crippen molar-refractivity contribution >= 4 is 11.8 Å². The number of ketones is 1. The quantitative estimate of drug-likeness (QED) is 0.468. The minimum Gasteiger partial charge on any atom is -0.496 e. The highest BCUT2D eigenvalue weighted by Gasteiger charge is 2.22. The summed E-state index contributed by atoms with van der Waals surface area (Å²) in [6.45, 7) is 5.31. The van der Waals surface area contributed by atoms with Gasteiger partial charge in [-0.2, -0.15) is 0 Å². The SMILES string of the molecule is CCOC(=O)C(=O)c1cc(F)c(C(C)C)c(OC)c1. The zero-order valence-electron chi connectivity index (χ0n) is 11.5. The van der Waals surface area contributed by atoms with E-state index in [0.717, 1.165) is 6.07 Å². The van der Waals surface area contributed by atoms with Crippen LogP contribution >= 0.6 is 0 Å². The van der Waals surface area contributed by atoms with Crippen molar-refractivity contribution in [1.29, 1.82) is 0 Å². The molecule has 1 rings (SSSR count). The summed E-state index contributed by atoms with van der Waals surface area (Å²) in [6.07, 6.45) is 0. The topological polar surface area (TPSA) is 52.6 Å². The van der Waals surface area contributed by atoms with Gasteiger partial charge in [0.25, 0.3) is 5.78 Å². The summed E-state index contributed by atoms with van der Waals surface area (Å²) in [7, 11) is 1.39. The van der Waals surface area contributed by atoms with Crippen LogP contribution < -0.4 is 4.74 Å². The second-order valence-corrected chi connectivity index (χ2v) is 4.28. The van der Waals surface area contributed by atoms with Gasteiger partial charge in [0.2, 0.25) is 0 Å². The highest BCUT2D eigenvalue weighted by molar-refractivity contribution is 6.40. The molecule has 0 aliphatic rings. The monoisotopic (exact) mass is 268 g/mol. The minimum absolute atomic E-state index is 0.0720. The highest BCUT2D eigenvalue weighted by Crippen LogP contribution is 2.30. The number of rotatable bonds is 5. The Bertz CT molecular complexity index is 494. The number of esters is 1. The smallest absolute Gasteiger partial charge is 0.379 e. The number of hydrogen-bond acceptors (Lipinski definition) is 4. The number of carbonyl (C=O) groups is 2. The number of Topliss-reactive ketones (excluding diaryl/α,β-unsaturated/α-hetero) is 1. The molecule has 104 valence electrons. The first-order valence-corrected chi connectivity index (χ1v) is 6.01. The van der Waals surface area contributed by atoms with Crippen LogP contribution in [0.5, 0.6) is 5.75 Å². The van der Waals surface area contributed by atoms with Crippen molar-refractivity contribution in [3.8, 4) is 5.75 Å². The Morgan fingerprint density at radius 1 is 1.32 bits per heavy atom. The van der Waals surface area contributed by atoms with Crippen LogP contribution in [0.3, 0.4) is 0 Å². The van der Waals surface area contributed by atoms with E-state index in [0.29, 0.717) is 5.56 Å². The van der Waals surface area contributed by atoms with Crippen LogP contribution in [0.25, 0.3) is 0 Å². The van der Waals surface area contributed by atoms with E-state index in [1.165, 1.54) is 13.2 Å². The molecule has 1 aromatic carbocycles. The zero-order chi connectivity index (χ0) is 14.6. The molecule has 0 aliphatic carbocycles. The largest absolute Gasteiger partial charge is 0.496 e. The van der Waals surface area contributed by atoms with Crippen LogP contribution in [0.2, 0.25) is 0 Å². The third-order valence-electron chi connectivity index (χ3n) is 2.61. The fourth-order valence-corrected chi connectivity index (χ4v) is 1.77. The van der Waals surface area contributed by atoms with Gasteiger partial charge in [-0.25, -0.2) is 9.18 Å². The van der Waals surface area contributed by atoms with Crippen molar-refractivity contribution in [2.45, 2.75) is 26.7 Å². The predicted molar refractivity (Wildman–Crippen MR) is 68.0 cm³/mol. The number of hydrogen-bond donors (Lipinski definition) is 0. The van der Waals surface area contributed by atoms with Crippen molar-refractivity contribution < 1.29 is 23.5 Å². The summed E-state index contributed by atoms with van der Waals surface area (Å²) < 4.78 is 23.6. The number of benzene rings is 1. The first kappa shape index (κ1) is 15.1. The Morgan fingerprint density at radius 2 is 1.95 bits per heavy atom. The Labute approximate surface area is 111 Å². The normalized spacial score (nSPS) is 10.4. The van der Waals surface area contributed by atoms with Gasteiger partial charge in [-0.05, 0) is 25.0 Å². The molecule has 0 fully saturated rings. The lowest BCUT2D eigenvalue weighted by atomic mass is 9.98. The van der Waals surface area contributed by atoms with Crippen molar-refractivity contribution in [3.05, 3.63) is 29.1 Å². The summed E-state index contributed by atoms with van der Waals surface area (Å²) in [4.78, 5) is 23.1. The Morgan fingerprint density at radius 3 is 2.42 bits per heavy atom. The summed E-state index contributed by atoms with van der Waals surface area (Å²) in [5, 5.41) is 0. The molecule has 1 aromatic rings. The fourth-order valence-electron chi connectivity index (χ4n) is 1.77. The molecule has 5 heteroatoms. The Hall–Kier alpha value is -1.91. The molecule has 19 heavy (non-hydrogen) atoms. The van der Waals surface area contributed by atoms with Crippen LogP contribution in [0.15, 0.2) is 12.1 Å². The minimum atomic E-state index is -0.999. The van der Waals surface area contributed by atoms with Crippen LogP contribution in [0, 0.1) is 5.82 Å². The van der Waals surface area contributed by atoms with Crippen LogP contribution in [-0.2, 0) is 9.53 Å². The van der Waals surface area contributed by atoms with Gasteiger partial charge in [-0.15, -0.1) is 0 Å². The maximum absolute atomic E-state index is 14.0. The number of ether oxygens (including phenoxy) is 2. The average molecular weight is 268 g/mol. The lowest BCUT2D eigenvalue weighted by Gasteiger charge is -2.14. The predicted octanol–water partition coefficient (Wildman–Crippen LogP) is 2.70. The third kappa shape index (κ3) is 3.30. The molecule has 0 radical (unpaired) electrons. The van der Waals surface area contributed by atoms with Gasteiger partial charge in [0, 0.05) is 11.1 Å². The molecular weight excluding hydrogens is 251 g/mol. The maximum atomic E-state index is 14.0. The maximum Gasteiger partial charge on any atom is 0.379 e. The molecular formula is C14H17FO4. The molecule has 0 bridgehead atoms. The summed E-state index contributed by atoms with van der Waals surface area (Å²) in [5.41, 5.74) is 0.306. The van der Waals surface area contributed by atoms with Crippen molar-refractivity contribution in [2.75, 3.05) is 13.7 Å². The van der Waals surface area contributed by atoms with Gasteiger partial charge < -0.3 is 9.47 Å². The van der Waals surface area contributed by atoms with Crippen LogP contribution in [0.4, 0.5) is 4.39 Å². The molecule has 0 aliphatic heterocycles. The molecule has 0 saturated heterocycles. The molecule has 4 nitrogen and oxygen atoms in total. The van der Waals surface area contributed by atoms with Gasteiger partial charge in [0.15, 0.2) is 0 Å². The summed E-state index contributed by atoms with van der Waals surface area (Å²) in [6, 6.07) is 2.40. The van der Waals surface area contributed by atoms with Crippen LogP contribution in [0.1, 0.15) is 42.6 Å². The molecule has 0 spiro atoms. The number of carbonyl (C=O) groups excluding carboxylic acids is 2. The third-order valence-corrected chi connectivity index (χ3v) is 2.61. The van der Waals surface area contributed by atoms with E-state index in [4.69, 9.17) is 4.74 Å². The van der Waals surface area contributed by atoms with Crippen LogP contribution in [-0.4, -0.2) is 25.5 Å². The van der Waals surface area contributed by atoms with E-state index in [-0.39, 0.29) is 23.8 Å². The fraction of sp³-hybridized carbons (Fsp3) is 0.429. The van der Waals surface area contributed by atoms with Gasteiger partial charge in [0.1, 0.15) is 11.6 Å². The molecule has 0 heterocycles. The van der Waals surface area contributed by atoms with Crippen molar-refractivity contribution in [3.63, 3.8) is 0 Å². The summed E-state index contributed by atoms with van der Waals surface area (Å²) >= 11 is 0. The Kier molecular flexibility index (Phi) is 5.03. The van der Waals surface area contributed by atoms with E-state index < -0.39 is 17.6 Å². The zero-order valence-corrected chi connectivity index (χ0v) is 11.5. The van der Waals surface area contributed by atoms with E-state index in [9.17, 15) is 14.0 Å². The first-order chi connectivity index (χ1) is 8.92. The lowest BCUT2D eigenvalue weighted by Crippen LogP contribution is -2.18. The second kappa shape index (κ2) is 6.31. The number of halogens is 1. The molecule has 0 saturated carbocycles. The number of methoxy groups -OCH3 is 1. The van der Waals surface area contributed by atoms with Gasteiger partial charge in [0.05, 0.1) is 13.7 Å². The second-order valence-electron chi connectivity index (χ2n) is 4.28. The highest BCUT2D eigenvalue weighted by atomic mass is 19.1. The molecule has 0 unspecified atom stereocenters. The van der Waals surface area contributed by atoms with Crippen molar-refractivity contribution in [2.24, 2.45) is 0 Å². The Balaban J connectivity index is 3.22. The molecule has 0 atom stereocenters. The van der Waals surface area contributed by atoms with Gasteiger partial charge >= 0.3 is 5.97 Å².